The number of nitrogens with two attached hydrogens (primary N) is 1. The van der Waals surface area contributed by atoms with Gasteiger partial charge in [0.25, 0.3) is 0 Å². The van der Waals surface area contributed by atoms with Crippen LogP contribution in [0.2, 0.25) is 0 Å². The van der Waals surface area contributed by atoms with Crippen molar-refractivity contribution in [3.8, 4) is 22.3 Å². The lowest BCUT2D eigenvalue weighted by atomic mass is 9.80. The molecule has 9 nitrogen and oxygen atoms in total. The highest BCUT2D eigenvalue weighted by atomic mass is 16.4. The van der Waals surface area contributed by atoms with Gasteiger partial charge >= 0.3 is 11.9 Å². The van der Waals surface area contributed by atoms with Gasteiger partial charge in [0.15, 0.2) is 0 Å². The van der Waals surface area contributed by atoms with E-state index in [1.807, 2.05) is 43.3 Å². The van der Waals surface area contributed by atoms with Gasteiger partial charge in [-0.05, 0) is 79.1 Å². The lowest BCUT2D eigenvalue weighted by Gasteiger charge is -2.37. The fraction of sp³-hybridized carbons (Fsp3) is 0.297. The van der Waals surface area contributed by atoms with Gasteiger partial charge in [-0.1, -0.05) is 84.9 Å². The van der Waals surface area contributed by atoms with Crippen molar-refractivity contribution in [1.82, 2.24) is 0 Å². The number of benzene rings is 4. The topological polar surface area (TPSA) is 170 Å². The van der Waals surface area contributed by atoms with Crippen molar-refractivity contribution in [2.45, 2.75) is 38.1 Å². The summed E-state index contributed by atoms with van der Waals surface area (Å²) < 4.78 is 0. The monoisotopic (exact) mass is 627 g/mol. The third-order valence-corrected chi connectivity index (χ3v) is 9.14. The summed E-state index contributed by atoms with van der Waals surface area (Å²) in [4.78, 5) is 27.0. The van der Waals surface area contributed by atoms with Crippen LogP contribution in [0.25, 0.3) is 22.3 Å². The van der Waals surface area contributed by atoms with Gasteiger partial charge in [0.05, 0.1) is 5.41 Å². The zero-order chi connectivity index (χ0) is 31.2. The number of nitrogens with zero attached hydrogens (tertiary/aromatic N) is 2. The molecule has 0 aromatic heterocycles. The molecule has 0 aliphatic carbocycles. The lowest BCUT2D eigenvalue weighted by molar-refractivity contribution is -0.149. The minimum absolute atomic E-state index is 0. The number of rotatable bonds is 6. The molecule has 0 radical (unpaired) electrons. The Morgan fingerprint density at radius 2 is 0.870 bits per heavy atom. The van der Waals surface area contributed by atoms with E-state index in [-0.39, 0.29) is 11.0 Å². The molecular weight excluding hydrogens is 582 g/mol. The molecule has 0 atom stereocenters. The van der Waals surface area contributed by atoms with Gasteiger partial charge in [0, 0.05) is 37.6 Å². The van der Waals surface area contributed by atoms with E-state index in [0.717, 1.165) is 18.8 Å². The highest BCUT2D eigenvalue weighted by molar-refractivity contribution is 5.79. The molecule has 8 N–H and O–H groups in total. The Kier molecular flexibility index (Phi) is 12.1. The van der Waals surface area contributed by atoms with E-state index in [2.05, 4.69) is 82.6 Å². The van der Waals surface area contributed by atoms with Gasteiger partial charge in [0.2, 0.25) is 0 Å². The summed E-state index contributed by atoms with van der Waals surface area (Å²) in [5.41, 5.74) is 11.4. The second-order valence-electron chi connectivity index (χ2n) is 12.1. The van der Waals surface area contributed by atoms with Crippen LogP contribution in [-0.2, 0) is 9.59 Å². The van der Waals surface area contributed by atoms with Crippen LogP contribution in [0.1, 0.15) is 32.6 Å². The highest BCUT2D eigenvalue weighted by Gasteiger charge is 2.38. The van der Waals surface area contributed by atoms with Crippen molar-refractivity contribution in [1.29, 1.82) is 0 Å². The zero-order valence-electron chi connectivity index (χ0n) is 26.2. The van der Waals surface area contributed by atoms with Crippen LogP contribution >= 0.6 is 0 Å². The Morgan fingerprint density at radius 1 is 0.543 bits per heavy atom. The standard InChI is InChI=1S/C19H21NO2.C18H20N2O2.2H2O/c1-19(18(21)22)11-13-20(14-12-19)17-9-7-16(8-10-17)15-5-3-2-4-6-15;19-18(17(21)22)10-12-20(13-11-18)16-8-6-15(7-9-16)14-4-2-1-3-5-14;;/h2-10H,11-14H2,1H3,(H,21,22);1-9H,10-13,19H2,(H,21,22);2*1H2. The molecule has 6 rings (SSSR count). The van der Waals surface area contributed by atoms with E-state index in [1.165, 1.54) is 27.9 Å². The summed E-state index contributed by atoms with van der Waals surface area (Å²) in [6, 6.07) is 37.5. The van der Waals surface area contributed by atoms with Crippen LogP contribution in [-0.4, -0.2) is 64.8 Å². The van der Waals surface area contributed by atoms with Crippen LogP contribution in [0, 0.1) is 5.41 Å². The summed E-state index contributed by atoms with van der Waals surface area (Å²) in [7, 11) is 0. The summed E-state index contributed by atoms with van der Waals surface area (Å²) in [6.45, 7) is 4.80. The number of piperidine rings is 2. The van der Waals surface area contributed by atoms with Gasteiger partial charge in [-0.2, -0.15) is 0 Å². The van der Waals surface area contributed by atoms with Crippen LogP contribution in [0.4, 0.5) is 11.4 Å². The van der Waals surface area contributed by atoms with E-state index in [4.69, 9.17) is 5.73 Å². The maximum absolute atomic E-state index is 11.3. The molecule has 4 aromatic rings. The molecule has 0 spiro atoms. The first kappa shape index (κ1) is 35.8. The molecule has 2 fully saturated rings. The Labute approximate surface area is 270 Å². The molecule has 2 aliphatic rings. The zero-order valence-corrected chi connectivity index (χ0v) is 26.2. The average molecular weight is 628 g/mol. The second-order valence-corrected chi connectivity index (χ2v) is 12.1. The molecule has 2 heterocycles. The number of aliphatic carboxylic acids is 2. The van der Waals surface area contributed by atoms with Crippen molar-refractivity contribution in [2.75, 3.05) is 36.0 Å². The summed E-state index contributed by atoms with van der Waals surface area (Å²) in [5, 5.41) is 18.5. The second kappa shape index (κ2) is 15.5. The highest BCUT2D eigenvalue weighted by Crippen LogP contribution is 2.34. The Balaban J connectivity index is 0.000000240. The number of carboxylic acid groups (broad SMARTS) is 2. The Bertz CT molecular complexity index is 1410. The molecule has 46 heavy (non-hydrogen) atoms. The van der Waals surface area contributed by atoms with Crippen molar-refractivity contribution in [3.05, 3.63) is 109 Å². The SMILES string of the molecule is CC1(C(=O)O)CCN(c2ccc(-c3ccccc3)cc2)CC1.NC1(C(=O)O)CCN(c2ccc(-c3ccccc3)cc2)CC1.O.O. The first-order valence-electron chi connectivity index (χ1n) is 15.2. The van der Waals surface area contributed by atoms with Gasteiger partial charge in [-0.15, -0.1) is 0 Å². The van der Waals surface area contributed by atoms with E-state index in [0.29, 0.717) is 38.8 Å². The van der Waals surface area contributed by atoms with Gasteiger partial charge in [-0.3, -0.25) is 9.59 Å². The van der Waals surface area contributed by atoms with Crippen molar-refractivity contribution >= 4 is 23.3 Å². The molecule has 2 saturated heterocycles. The minimum Gasteiger partial charge on any atom is -0.481 e. The number of hydrogen-bond donors (Lipinski definition) is 3. The number of anilines is 2. The third-order valence-electron chi connectivity index (χ3n) is 9.14. The molecule has 2 aliphatic heterocycles. The van der Waals surface area contributed by atoms with Crippen molar-refractivity contribution in [3.63, 3.8) is 0 Å². The van der Waals surface area contributed by atoms with E-state index >= 15 is 0 Å². The largest absolute Gasteiger partial charge is 0.481 e. The predicted molar refractivity (Wildman–Crippen MR) is 184 cm³/mol. The molecule has 0 bridgehead atoms. The van der Waals surface area contributed by atoms with Crippen LogP contribution in [0.3, 0.4) is 0 Å². The lowest BCUT2D eigenvalue weighted by Crippen LogP contribution is -2.55. The summed E-state index contributed by atoms with van der Waals surface area (Å²) >= 11 is 0. The Morgan fingerprint density at radius 3 is 1.20 bits per heavy atom. The van der Waals surface area contributed by atoms with Crippen molar-refractivity contribution < 1.29 is 30.8 Å². The molecule has 0 saturated carbocycles. The quantitative estimate of drug-likeness (QED) is 0.266. The smallest absolute Gasteiger partial charge is 0.323 e. The minimum atomic E-state index is -1.07. The number of carbonyl (C=O) groups is 2. The maximum atomic E-state index is 11.3. The van der Waals surface area contributed by atoms with Crippen LogP contribution in [0.15, 0.2) is 109 Å². The van der Waals surface area contributed by atoms with Gasteiger partial charge in [-0.25, -0.2) is 0 Å². The molecule has 4 aromatic carbocycles. The first-order chi connectivity index (χ1) is 21.2. The average Bonchev–Trinajstić information content (AvgIpc) is 3.07. The Hall–Kier alpha value is -4.70. The van der Waals surface area contributed by atoms with Crippen LogP contribution in [0.5, 0.6) is 0 Å². The fourth-order valence-corrected chi connectivity index (χ4v) is 5.84. The molecule has 244 valence electrons. The number of carboxylic acids is 2. The van der Waals surface area contributed by atoms with E-state index in [9.17, 15) is 19.8 Å². The first-order valence-corrected chi connectivity index (χ1v) is 15.2. The van der Waals surface area contributed by atoms with Gasteiger partial charge < -0.3 is 36.7 Å². The maximum Gasteiger partial charge on any atom is 0.323 e. The normalized spacial score (nSPS) is 16.5. The molecule has 9 heteroatoms. The molecule has 0 unspecified atom stereocenters. The van der Waals surface area contributed by atoms with E-state index in [1.54, 1.807) is 0 Å². The predicted octanol–water partition coefficient (Wildman–Crippen LogP) is 5.13. The van der Waals surface area contributed by atoms with Crippen LogP contribution < -0.4 is 15.5 Å². The third kappa shape index (κ3) is 8.31. The number of hydrogen-bond acceptors (Lipinski definition) is 5. The molecule has 0 amide bonds. The van der Waals surface area contributed by atoms with E-state index < -0.39 is 22.9 Å². The summed E-state index contributed by atoms with van der Waals surface area (Å²) in [5.74, 6) is -1.57. The van der Waals surface area contributed by atoms with Crippen molar-refractivity contribution in [2.24, 2.45) is 11.1 Å². The summed E-state index contributed by atoms with van der Waals surface area (Å²) in [6.07, 6.45) is 2.34. The van der Waals surface area contributed by atoms with Gasteiger partial charge in [0.1, 0.15) is 5.54 Å². The molecular formula is C37H45N3O6. The fourth-order valence-electron chi connectivity index (χ4n) is 5.84.